The normalized spacial score (nSPS) is 11.8. The van der Waals surface area contributed by atoms with Crippen molar-refractivity contribution in [3.8, 4) is 11.5 Å². The average Bonchev–Trinajstić information content (AvgIpc) is 3.19. The molecule has 350 valence electrons. The van der Waals surface area contributed by atoms with Crippen LogP contribution in [0.1, 0.15) is 113 Å². The first-order valence-corrected chi connectivity index (χ1v) is 21.7. The first-order valence-electron chi connectivity index (χ1n) is 21.7. The molecule has 0 radical (unpaired) electrons. The summed E-state index contributed by atoms with van der Waals surface area (Å²) < 4.78 is 22.4. The molecule has 0 aliphatic heterocycles. The number of rotatable bonds is 20. The van der Waals surface area contributed by atoms with Crippen molar-refractivity contribution in [3.63, 3.8) is 0 Å². The van der Waals surface area contributed by atoms with Gasteiger partial charge in [-0.25, -0.2) is 0 Å². The van der Waals surface area contributed by atoms with Crippen molar-refractivity contribution in [3.05, 3.63) is 130 Å². The van der Waals surface area contributed by atoms with Gasteiger partial charge in [0.05, 0.1) is 17.6 Å². The summed E-state index contributed by atoms with van der Waals surface area (Å²) in [5.41, 5.74) is 10.7. The SMILES string of the molecule is C.CB(O)N[C@@H](CCCCc1ccccc1OCc1cccc(C)c1)C(=O)OC(C)(C)C.CB(O)N[C@@H](CCN)C(=O)OC(C)(C)C.Cc1cccc(COc2ccccc2C=O)c1. The van der Waals surface area contributed by atoms with Crippen LogP contribution in [0.25, 0.3) is 0 Å². The molecule has 0 aliphatic carbocycles. The fourth-order valence-electron chi connectivity index (χ4n) is 6.18. The monoisotopic (exact) mass is 884 g/mol. The molecule has 0 amide bonds. The zero-order valence-corrected chi connectivity index (χ0v) is 39.1. The number of aryl methyl sites for hydroxylation is 3. The number of benzene rings is 4. The van der Waals surface area contributed by atoms with Gasteiger partial charge in [0, 0.05) is 0 Å². The number of nitrogens with two attached hydrogens (primary N) is 1. The van der Waals surface area contributed by atoms with E-state index in [1.54, 1.807) is 46.6 Å². The molecule has 4 rings (SSSR count). The molecular weight excluding hydrogens is 808 g/mol. The van der Waals surface area contributed by atoms with E-state index in [-0.39, 0.29) is 19.4 Å². The maximum absolute atomic E-state index is 12.4. The molecule has 0 spiro atoms. The first kappa shape index (κ1) is 57.0. The highest BCUT2D eigenvalue weighted by molar-refractivity contribution is 6.46. The number of unbranched alkanes of at least 4 members (excludes halogenated alkanes) is 1. The summed E-state index contributed by atoms with van der Waals surface area (Å²) in [6.07, 6.45) is 4.46. The standard InChI is InChI=1S/C25H36BNO4.C15H14O2.C9H21BN2O3.CH4/c1-19-11-10-12-20(17-19)18-30-23-16-9-7-14-21(23)13-6-8-15-22(27-26(5)29)24(28)31-25(2,3)4;1-12-5-4-6-13(9-12)11-17-15-8-3-2-7-14(15)10-16;1-9(2,3)15-8(13)7(5-6-11)12-10(4)14;/h7,9-12,14,16-17,22,27,29H,6,8,13,15,18H2,1-5H3;2-10H,11H2,1H3;7,12,14H,5-6,11H2,1-4H3;1H4/t22-;;7-;/m0.0./s1. The van der Waals surface area contributed by atoms with E-state index in [2.05, 4.69) is 47.7 Å². The van der Waals surface area contributed by atoms with Gasteiger partial charge in [0.25, 0.3) is 0 Å². The van der Waals surface area contributed by atoms with Crippen molar-refractivity contribution in [2.45, 2.75) is 145 Å². The van der Waals surface area contributed by atoms with E-state index in [1.807, 2.05) is 82.3 Å². The molecule has 0 saturated carbocycles. The number of hydrogen-bond donors (Lipinski definition) is 5. The number of para-hydroxylation sites is 2. The summed E-state index contributed by atoms with van der Waals surface area (Å²) in [5, 5.41) is 24.4. The van der Waals surface area contributed by atoms with Crippen LogP contribution < -0.4 is 25.7 Å². The van der Waals surface area contributed by atoms with Crippen molar-refractivity contribution in [1.82, 2.24) is 10.5 Å². The molecule has 0 saturated heterocycles. The molecule has 0 aliphatic rings. The minimum atomic E-state index is -0.770. The lowest BCUT2D eigenvalue weighted by molar-refractivity contribution is -0.158. The van der Waals surface area contributed by atoms with Crippen LogP contribution in [0.3, 0.4) is 0 Å². The van der Waals surface area contributed by atoms with Gasteiger partial charge >= 0.3 is 26.0 Å². The molecule has 4 aromatic carbocycles. The summed E-state index contributed by atoms with van der Waals surface area (Å²) in [6, 6.07) is 30.7. The van der Waals surface area contributed by atoms with Gasteiger partial charge in [0.1, 0.15) is 35.9 Å². The van der Waals surface area contributed by atoms with E-state index in [0.717, 1.165) is 48.0 Å². The second kappa shape index (κ2) is 29.5. The van der Waals surface area contributed by atoms with Crippen molar-refractivity contribution < 1.29 is 43.4 Å². The Labute approximate surface area is 384 Å². The summed E-state index contributed by atoms with van der Waals surface area (Å²) in [6.45, 7) is 19.6. The van der Waals surface area contributed by atoms with Gasteiger partial charge in [0.2, 0.25) is 0 Å². The molecule has 0 heterocycles. The van der Waals surface area contributed by atoms with Gasteiger partial charge in [-0.15, -0.1) is 0 Å². The summed E-state index contributed by atoms with van der Waals surface area (Å²) in [4.78, 5) is 34.9. The van der Waals surface area contributed by atoms with Crippen LogP contribution in [0.4, 0.5) is 0 Å². The maximum atomic E-state index is 12.4. The molecule has 0 fully saturated rings. The number of nitrogens with one attached hydrogen (secondary N) is 2. The molecule has 4 aromatic rings. The zero-order chi connectivity index (χ0) is 47.0. The van der Waals surface area contributed by atoms with Crippen LogP contribution in [0.2, 0.25) is 13.6 Å². The van der Waals surface area contributed by atoms with Crippen molar-refractivity contribution >= 4 is 32.3 Å². The minimum absolute atomic E-state index is 0. The quantitative estimate of drug-likeness (QED) is 0.0248. The molecule has 14 heteroatoms. The highest BCUT2D eigenvalue weighted by atomic mass is 16.6. The summed E-state index contributed by atoms with van der Waals surface area (Å²) in [5.74, 6) is 0.822. The third kappa shape index (κ3) is 24.8. The Morgan fingerprint density at radius 1 is 0.672 bits per heavy atom. The summed E-state index contributed by atoms with van der Waals surface area (Å²) in [7, 11) is -1.53. The number of carbonyl (C=O) groups excluding carboxylic acids is 3. The Morgan fingerprint density at radius 2 is 1.12 bits per heavy atom. The number of hydrogen-bond acceptors (Lipinski definition) is 12. The van der Waals surface area contributed by atoms with Crippen molar-refractivity contribution in [1.29, 1.82) is 0 Å². The molecular formula is C50H75B2N3O9. The van der Waals surface area contributed by atoms with Crippen LogP contribution in [-0.4, -0.2) is 72.2 Å². The van der Waals surface area contributed by atoms with E-state index in [4.69, 9.17) is 29.7 Å². The lowest BCUT2D eigenvalue weighted by atomic mass is 9.86. The predicted octanol–water partition coefficient (Wildman–Crippen LogP) is 8.47. The van der Waals surface area contributed by atoms with Crippen LogP contribution in [0.15, 0.2) is 97.1 Å². The van der Waals surface area contributed by atoms with Crippen LogP contribution >= 0.6 is 0 Å². The Balaban J connectivity index is 0.000000524. The lowest BCUT2D eigenvalue weighted by Crippen LogP contribution is -2.48. The molecule has 12 nitrogen and oxygen atoms in total. The highest BCUT2D eigenvalue weighted by Gasteiger charge is 2.27. The lowest BCUT2D eigenvalue weighted by Gasteiger charge is -2.25. The minimum Gasteiger partial charge on any atom is -0.489 e. The van der Waals surface area contributed by atoms with Gasteiger partial charge < -0.3 is 45.2 Å². The van der Waals surface area contributed by atoms with E-state index < -0.39 is 37.4 Å². The van der Waals surface area contributed by atoms with Gasteiger partial charge in [-0.1, -0.05) is 104 Å². The van der Waals surface area contributed by atoms with Crippen LogP contribution in [0.5, 0.6) is 11.5 Å². The largest absolute Gasteiger partial charge is 0.489 e. The Morgan fingerprint density at radius 3 is 1.58 bits per heavy atom. The number of ether oxygens (including phenoxy) is 4. The van der Waals surface area contributed by atoms with Crippen LogP contribution in [-0.2, 0) is 38.7 Å². The predicted molar refractivity (Wildman–Crippen MR) is 260 cm³/mol. The molecule has 64 heavy (non-hydrogen) atoms. The van der Waals surface area contributed by atoms with E-state index in [9.17, 15) is 19.4 Å². The molecule has 0 unspecified atom stereocenters. The fourth-order valence-corrected chi connectivity index (χ4v) is 6.18. The summed E-state index contributed by atoms with van der Waals surface area (Å²) >= 11 is 0. The number of aldehydes is 1. The molecule has 0 bridgehead atoms. The molecule has 6 N–H and O–H groups in total. The fraction of sp³-hybridized carbons (Fsp3) is 0.460. The van der Waals surface area contributed by atoms with Crippen molar-refractivity contribution in [2.75, 3.05) is 6.54 Å². The topological polar surface area (TPSA) is 179 Å². The number of carbonyl (C=O) groups is 3. The van der Waals surface area contributed by atoms with Gasteiger partial charge in [-0.05, 0) is 136 Å². The van der Waals surface area contributed by atoms with E-state index in [0.29, 0.717) is 43.9 Å². The third-order valence-corrected chi connectivity index (χ3v) is 8.88. The maximum Gasteiger partial charge on any atom is 0.374 e. The Hall–Kier alpha value is -4.98. The molecule has 0 aromatic heterocycles. The average molecular weight is 884 g/mol. The second-order valence-electron chi connectivity index (χ2n) is 17.5. The first-order chi connectivity index (χ1) is 29.7. The highest BCUT2D eigenvalue weighted by Crippen LogP contribution is 2.23. The van der Waals surface area contributed by atoms with E-state index in [1.165, 1.54) is 11.1 Å². The van der Waals surface area contributed by atoms with Crippen LogP contribution in [0, 0.1) is 13.8 Å². The Bertz CT molecular complexity index is 1970. The van der Waals surface area contributed by atoms with Crippen molar-refractivity contribution in [2.24, 2.45) is 5.73 Å². The van der Waals surface area contributed by atoms with Gasteiger partial charge in [0.15, 0.2) is 6.29 Å². The van der Waals surface area contributed by atoms with E-state index >= 15 is 0 Å². The molecule has 2 atom stereocenters. The Kier molecular flexibility index (Phi) is 26.3. The van der Waals surface area contributed by atoms with Gasteiger partial charge in [-0.2, -0.15) is 0 Å². The number of esters is 2. The van der Waals surface area contributed by atoms with Gasteiger partial charge in [-0.3, -0.25) is 14.4 Å². The smallest absolute Gasteiger partial charge is 0.374 e. The second-order valence-corrected chi connectivity index (χ2v) is 17.5. The third-order valence-electron chi connectivity index (χ3n) is 8.88. The zero-order valence-electron chi connectivity index (χ0n) is 39.1.